The number of halogens is 1. The van der Waals surface area contributed by atoms with Gasteiger partial charge in [-0.2, -0.15) is 0 Å². The van der Waals surface area contributed by atoms with Crippen molar-refractivity contribution in [2.45, 2.75) is 12.1 Å². The molecule has 4 aromatic rings. The zero-order chi connectivity index (χ0) is 24.8. The second-order valence-corrected chi connectivity index (χ2v) is 9.13. The zero-order valence-electron chi connectivity index (χ0n) is 18.6. The molecule has 1 heterocycles. The number of anilines is 1. The highest BCUT2D eigenvalue weighted by Crippen LogP contribution is 2.34. The number of carbonyl (C=O) groups excluding carboxylic acids is 2. The molecule has 0 atom stereocenters. The van der Waals surface area contributed by atoms with Crippen molar-refractivity contribution in [1.82, 2.24) is 14.8 Å². The third kappa shape index (κ3) is 5.90. The SMILES string of the molecule is CCOC(=O)c1ccc(NC(=O)CSc2nnc(-c3cc(Br)ccc3O)n2-c2ccccc2)cc1. The lowest BCUT2D eigenvalue weighted by molar-refractivity contribution is -0.113. The number of aromatic hydroxyl groups is 1. The van der Waals surface area contributed by atoms with E-state index in [4.69, 9.17) is 4.74 Å². The highest BCUT2D eigenvalue weighted by Gasteiger charge is 2.20. The van der Waals surface area contributed by atoms with Gasteiger partial charge in [0.05, 0.1) is 23.5 Å². The number of nitrogens with one attached hydrogen (secondary N) is 1. The normalized spacial score (nSPS) is 10.7. The van der Waals surface area contributed by atoms with E-state index in [9.17, 15) is 14.7 Å². The lowest BCUT2D eigenvalue weighted by Gasteiger charge is -2.11. The summed E-state index contributed by atoms with van der Waals surface area (Å²) in [6.07, 6.45) is 0. The van der Waals surface area contributed by atoms with E-state index in [1.54, 1.807) is 54.0 Å². The largest absolute Gasteiger partial charge is 0.507 e. The summed E-state index contributed by atoms with van der Waals surface area (Å²) in [4.78, 5) is 24.4. The number of hydrogen-bond donors (Lipinski definition) is 2. The first-order valence-corrected chi connectivity index (χ1v) is 12.4. The van der Waals surface area contributed by atoms with Crippen LogP contribution in [0, 0.1) is 0 Å². The standard InChI is InChI=1S/C25H21BrN4O4S/c1-2-34-24(33)16-8-11-18(12-9-16)27-22(32)15-35-25-29-28-23(20-14-17(26)10-13-21(20)31)30(25)19-6-4-3-5-7-19/h3-14,31H,2,15H2,1H3,(H,27,32). The van der Waals surface area contributed by atoms with Crippen molar-refractivity contribution in [2.24, 2.45) is 0 Å². The molecular weight excluding hydrogens is 532 g/mol. The Bertz CT molecular complexity index is 1340. The van der Waals surface area contributed by atoms with E-state index in [0.717, 1.165) is 10.2 Å². The van der Waals surface area contributed by atoms with E-state index < -0.39 is 5.97 Å². The van der Waals surface area contributed by atoms with Gasteiger partial charge in [0.25, 0.3) is 0 Å². The molecule has 1 aromatic heterocycles. The van der Waals surface area contributed by atoms with Crippen LogP contribution < -0.4 is 5.32 Å². The Balaban J connectivity index is 1.52. The van der Waals surface area contributed by atoms with Crippen LogP contribution in [0.3, 0.4) is 0 Å². The van der Waals surface area contributed by atoms with Crippen LogP contribution in [0.2, 0.25) is 0 Å². The van der Waals surface area contributed by atoms with Crippen LogP contribution in [-0.4, -0.2) is 44.1 Å². The molecule has 0 unspecified atom stereocenters. The second-order valence-electron chi connectivity index (χ2n) is 7.27. The van der Waals surface area contributed by atoms with Crippen molar-refractivity contribution in [3.8, 4) is 22.8 Å². The number of amides is 1. The van der Waals surface area contributed by atoms with Gasteiger partial charge in [-0.3, -0.25) is 9.36 Å². The first-order valence-electron chi connectivity index (χ1n) is 10.7. The van der Waals surface area contributed by atoms with Gasteiger partial charge in [-0.25, -0.2) is 4.79 Å². The lowest BCUT2D eigenvalue weighted by Crippen LogP contribution is -2.15. The van der Waals surface area contributed by atoms with Crippen molar-refractivity contribution < 1.29 is 19.4 Å². The van der Waals surface area contributed by atoms with Crippen molar-refractivity contribution in [2.75, 3.05) is 17.7 Å². The second kappa shape index (κ2) is 11.2. The summed E-state index contributed by atoms with van der Waals surface area (Å²) in [7, 11) is 0. The van der Waals surface area contributed by atoms with Gasteiger partial charge in [0.15, 0.2) is 11.0 Å². The lowest BCUT2D eigenvalue weighted by atomic mass is 10.2. The summed E-state index contributed by atoms with van der Waals surface area (Å²) in [5, 5.41) is 22.3. The number of benzene rings is 3. The van der Waals surface area contributed by atoms with Crippen LogP contribution in [-0.2, 0) is 9.53 Å². The van der Waals surface area contributed by atoms with Crippen molar-refractivity contribution in [3.63, 3.8) is 0 Å². The Labute approximate surface area is 214 Å². The van der Waals surface area contributed by atoms with Crippen molar-refractivity contribution in [3.05, 3.63) is 82.8 Å². The topological polar surface area (TPSA) is 106 Å². The minimum absolute atomic E-state index is 0.0679. The van der Waals surface area contributed by atoms with Crippen molar-refractivity contribution >= 4 is 45.3 Å². The summed E-state index contributed by atoms with van der Waals surface area (Å²) in [6.45, 7) is 2.04. The molecule has 4 rings (SSSR count). The van der Waals surface area contributed by atoms with Gasteiger partial charge in [0.1, 0.15) is 5.75 Å². The van der Waals surface area contributed by atoms with Crippen molar-refractivity contribution in [1.29, 1.82) is 0 Å². The smallest absolute Gasteiger partial charge is 0.338 e. The number of ether oxygens (including phenoxy) is 1. The molecule has 0 aliphatic heterocycles. The van der Waals surface area contributed by atoms with Gasteiger partial charge < -0.3 is 15.2 Å². The monoisotopic (exact) mass is 552 g/mol. The molecule has 178 valence electrons. The van der Waals surface area contributed by atoms with E-state index in [1.807, 2.05) is 30.3 Å². The summed E-state index contributed by atoms with van der Waals surface area (Å²) < 4.78 is 7.56. The van der Waals surface area contributed by atoms with Crippen LogP contribution in [0.4, 0.5) is 5.69 Å². The molecule has 0 fully saturated rings. The fourth-order valence-electron chi connectivity index (χ4n) is 3.27. The van der Waals surface area contributed by atoms with Crippen LogP contribution in [0.1, 0.15) is 17.3 Å². The fourth-order valence-corrected chi connectivity index (χ4v) is 4.38. The average Bonchev–Trinajstić information content (AvgIpc) is 3.29. The maximum atomic E-state index is 12.6. The maximum absolute atomic E-state index is 12.6. The Morgan fingerprint density at radius 2 is 1.80 bits per heavy atom. The number of para-hydroxylation sites is 1. The molecule has 1 amide bonds. The van der Waals surface area contributed by atoms with E-state index in [0.29, 0.717) is 34.4 Å². The van der Waals surface area contributed by atoms with Gasteiger partial charge >= 0.3 is 5.97 Å². The number of hydrogen-bond acceptors (Lipinski definition) is 7. The van der Waals surface area contributed by atoms with E-state index in [1.165, 1.54) is 11.8 Å². The van der Waals surface area contributed by atoms with Gasteiger partial charge in [0, 0.05) is 15.8 Å². The summed E-state index contributed by atoms with van der Waals surface area (Å²) in [6, 6.07) is 21.1. The first kappa shape index (κ1) is 24.5. The molecule has 3 aromatic carbocycles. The number of thioether (sulfide) groups is 1. The number of phenols is 1. The molecule has 8 nitrogen and oxygen atoms in total. The zero-order valence-corrected chi connectivity index (χ0v) is 21.0. The van der Waals surface area contributed by atoms with E-state index in [2.05, 4.69) is 31.4 Å². The Hall–Kier alpha value is -3.63. The highest BCUT2D eigenvalue weighted by molar-refractivity contribution is 9.10. The molecule has 2 N–H and O–H groups in total. The predicted octanol–water partition coefficient (Wildman–Crippen LogP) is 5.31. The van der Waals surface area contributed by atoms with Gasteiger partial charge in [-0.1, -0.05) is 45.9 Å². The predicted molar refractivity (Wildman–Crippen MR) is 138 cm³/mol. The third-order valence-corrected chi connectivity index (χ3v) is 6.28. The number of aromatic nitrogens is 3. The number of rotatable bonds is 8. The van der Waals surface area contributed by atoms with Crippen LogP contribution in [0.25, 0.3) is 17.1 Å². The molecule has 0 saturated carbocycles. The fraction of sp³-hybridized carbons (Fsp3) is 0.120. The highest BCUT2D eigenvalue weighted by atomic mass is 79.9. The Morgan fingerprint density at radius 1 is 1.06 bits per heavy atom. The molecule has 0 spiro atoms. The molecule has 0 bridgehead atoms. The summed E-state index contributed by atoms with van der Waals surface area (Å²) >= 11 is 4.65. The average molecular weight is 553 g/mol. The number of nitrogens with zero attached hydrogens (tertiary/aromatic N) is 3. The molecule has 0 aliphatic carbocycles. The summed E-state index contributed by atoms with van der Waals surface area (Å²) in [5.41, 5.74) is 2.28. The van der Waals surface area contributed by atoms with Crippen LogP contribution in [0.15, 0.2) is 82.4 Å². The maximum Gasteiger partial charge on any atom is 0.338 e. The van der Waals surface area contributed by atoms with Crippen LogP contribution in [0.5, 0.6) is 5.75 Å². The minimum atomic E-state index is -0.409. The minimum Gasteiger partial charge on any atom is -0.507 e. The number of phenolic OH excluding ortho intramolecular Hbond substituents is 1. The quantitative estimate of drug-likeness (QED) is 0.225. The third-order valence-electron chi connectivity index (χ3n) is 4.86. The molecule has 35 heavy (non-hydrogen) atoms. The number of carbonyl (C=O) groups is 2. The van der Waals surface area contributed by atoms with E-state index in [-0.39, 0.29) is 17.4 Å². The Morgan fingerprint density at radius 3 is 2.51 bits per heavy atom. The molecule has 10 heteroatoms. The van der Waals surface area contributed by atoms with Gasteiger partial charge in [0.2, 0.25) is 5.91 Å². The molecule has 0 radical (unpaired) electrons. The van der Waals surface area contributed by atoms with Crippen LogP contribution >= 0.6 is 27.7 Å². The molecular formula is C25H21BrN4O4S. The Kier molecular flexibility index (Phi) is 7.84. The number of esters is 1. The van der Waals surface area contributed by atoms with Gasteiger partial charge in [-0.05, 0) is 61.5 Å². The van der Waals surface area contributed by atoms with Gasteiger partial charge in [-0.15, -0.1) is 10.2 Å². The summed E-state index contributed by atoms with van der Waals surface area (Å²) in [5.74, 6) is -0.0534. The first-order chi connectivity index (χ1) is 17.0. The molecule has 0 aliphatic rings. The van der Waals surface area contributed by atoms with E-state index >= 15 is 0 Å². The molecule has 0 saturated heterocycles.